The molecule has 0 bridgehead atoms. The van der Waals surface area contributed by atoms with E-state index in [0.717, 1.165) is 31.4 Å². The Kier molecular flexibility index (Phi) is 3.64. The van der Waals surface area contributed by atoms with Gasteiger partial charge in [-0.1, -0.05) is 26.2 Å². The summed E-state index contributed by atoms with van der Waals surface area (Å²) in [5.74, 6) is 0.586. The summed E-state index contributed by atoms with van der Waals surface area (Å²) in [6.07, 6.45) is 5.93. The monoisotopic (exact) mass is 303 g/mol. The number of nitrogens with zero attached hydrogens (tertiary/aromatic N) is 4. The Morgan fingerprint density at radius 1 is 1.23 bits per heavy atom. The van der Waals surface area contributed by atoms with Gasteiger partial charge < -0.3 is 4.98 Å². The first-order chi connectivity index (χ1) is 10.5. The summed E-state index contributed by atoms with van der Waals surface area (Å²) in [6, 6.07) is 0. The van der Waals surface area contributed by atoms with Crippen LogP contribution < -0.4 is 11.2 Å². The third-order valence-corrected chi connectivity index (χ3v) is 4.04. The van der Waals surface area contributed by atoms with Crippen LogP contribution in [-0.4, -0.2) is 23.5 Å². The molecule has 0 aliphatic heterocycles. The van der Waals surface area contributed by atoms with E-state index in [1.807, 2.05) is 13.1 Å². The molecule has 0 unspecified atom stereocenters. The predicted molar refractivity (Wildman–Crippen MR) is 85.4 cm³/mol. The van der Waals surface area contributed by atoms with Crippen LogP contribution in [0.15, 0.2) is 15.8 Å². The van der Waals surface area contributed by atoms with E-state index in [-0.39, 0.29) is 11.2 Å². The summed E-state index contributed by atoms with van der Waals surface area (Å²) in [4.78, 5) is 32.6. The van der Waals surface area contributed by atoms with Crippen molar-refractivity contribution < 1.29 is 0 Å². The summed E-state index contributed by atoms with van der Waals surface area (Å²) in [5, 5.41) is 0. The zero-order chi connectivity index (χ0) is 15.9. The third kappa shape index (κ3) is 2.17. The van der Waals surface area contributed by atoms with Crippen molar-refractivity contribution >= 4 is 16.9 Å². The molecule has 22 heavy (non-hydrogen) atoms. The van der Waals surface area contributed by atoms with Crippen molar-refractivity contribution in [3.63, 3.8) is 0 Å². The normalized spacial score (nSPS) is 11.8. The average Bonchev–Trinajstić information content (AvgIpc) is 3.00. The number of fused-ring (bicyclic) bond motifs is 3. The van der Waals surface area contributed by atoms with Gasteiger partial charge in [-0.25, -0.2) is 4.79 Å². The zero-order valence-corrected chi connectivity index (χ0v) is 13.2. The highest BCUT2D eigenvalue weighted by molar-refractivity contribution is 5.75. The van der Waals surface area contributed by atoms with E-state index >= 15 is 0 Å². The lowest BCUT2D eigenvalue weighted by molar-refractivity contribution is 0.539. The quantitative estimate of drug-likeness (QED) is 0.727. The van der Waals surface area contributed by atoms with Gasteiger partial charge in [0.2, 0.25) is 5.78 Å². The van der Waals surface area contributed by atoms with E-state index in [9.17, 15) is 9.59 Å². The molecule has 7 nitrogen and oxygen atoms in total. The van der Waals surface area contributed by atoms with Crippen LogP contribution in [0.3, 0.4) is 0 Å². The average molecular weight is 303 g/mol. The van der Waals surface area contributed by atoms with E-state index in [4.69, 9.17) is 0 Å². The van der Waals surface area contributed by atoms with Gasteiger partial charge in [-0.15, -0.1) is 0 Å². The van der Waals surface area contributed by atoms with E-state index in [2.05, 4.69) is 16.9 Å². The molecule has 0 aliphatic rings. The summed E-state index contributed by atoms with van der Waals surface area (Å²) in [6.45, 7) is 4.50. The summed E-state index contributed by atoms with van der Waals surface area (Å²) in [7, 11) is 1.66. The number of aromatic amines is 1. The lowest BCUT2D eigenvalue weighted by Crippen LogP contribution is -2.39. The van der Waals surface area contributed by atoms with Crippen molar-refractivity contribution in [3.8, 4) is 0 Å². The molecule has 3 aromatic rings. The fraction of sp³-hybridized carbons (Fsp3) is 0.533. The van der Waals surface area contributed by atoms with Crippen LogP contribution in [0.1, 0.15) is 38.3 Å². The number of aromatic nitrogens is 5. The van der Waals surface area contributed by atoms with Crippen LogP contribution >= 0.6 is 0 Å². The minimum Gasteiger partial charge on any atom is -0.328 e. The lowest BCUT2D eigenvalue weighted by Gasteiger charge is -2.07. The Morgan fingerprint density at radius 3 is 2.73 bits per heavy atom. The maximum Gasteiger partial charge on any atom is 0.332 e. The number of rotatable bonds is 5. The number of nitrogens with one attached hydrogen (secondary N) is 1. The van der Waals surface area contributed by atoms with E-state index in [1.165, 1.54) is 9.13 Å². The van der Waals surface area contributed by atoms with Gasteiger partial charge in [0.1, 0.15) is 0 Å². The maximum absolute atomic E-state index is 12.7. The predicted octanol–water partition coefficient (Wildman–Crippen LogP) is 1.56. The largest absolute Gasteiger partial charge is 0.332 e. The number of H-pyrrole nitrogens is 1. The molecule has 0 saturated heterocycles. The first kappa shape index (κ1) is 14.6. The van der Waals surface area contributed by atoms with Crippen LogP contribution in [-0.2, 0) is 13.6 Å². The molecule has 0 aromatic carbocycles. The van der Waals surface area contributed by atoms with Gasteiger partial charge in [-0.2, -0.15) is 4.98 Å². The van der Waals surface area contributed by atoms with Gasteiger partial charge in [0.05, 0.1) is 0 Å². The molecule has 1 N–H and O–H groups in total. The fourth-order valence-electron chi connectivity index (χ4n) is 2.85. The SMILES string of the molecule is CCCCCCn1c(=O)c2c(nc3[nH]c(C)cn32)n(C)c1=O. The second-order valence-electron chi connectivity index (χ2n) is 5.77. The molecule has 3 rings (SSSR count). The number of imidazole rings is 2. The molecule has 7 heteroatoms. The minimum absolute atomic E-state index is 0.263. The second-order valence-corrected chi connectivity index (χ2v) is 5.77. The lowest BCUT2D eigenvalue weighted by atomic mass is 10.2. The molecule has 118 valence electrons. The van der Waals surface area contributed by atoms with E-state index in [0.29, 0.717) is 23.5 Å². The molecule has 3 aromatic heterocycles. The summed E-state index contributed by atoms with van der Waals surface area (Å²) < 4.78 is 4.51. The zero-order valence-electron chi connectivity index (χ0n) is 13.2. The summed E-state index contributed by atoms with van der Waals surface area (Å²) in [5.41, 5.74) is 1.24. The molecular weight excluding hydrogens is 282 g/mol. The Balaban J connectivity index is 2.17. The highest BCUT2D eigenvalue weighted by Crippen LogP contribution is 2.12. The minimum atomic E-state index is -0.300. The number of unbranched alkanes of at least 4 members (excludes halogenated alkanes) is 3. The van der Waals surface area contributed by atoms with Crippen LogP contribution in [0.25, 0.3) is 16.9 Å². The van der Waals surface area contributed by atoms with Crippen LogP contribution in [0.2, 0.25) is 0 Å². The van der Waals surface area contributed by atoms with Gasteiger partial charge in [0.15, 0.2) is 11.2 Å². The molecule has 3 heterocycles. The first-order valence-electron chi connectivity index (χ1n) is 7.71. The van der Waals surface area contributed by atoms with Gasteiger partial charge >= 0.3 is 5.69 Å². The molecule has 0 aliphatic carbocycles. The Bertz CT molecular complexity index is 941. The van der Waals surface area contributed by atoms with Crippen molar-refractivity contribution in [3.05, 3.63) is 32.7 Å². The maximum atomic E-state index is 12.7. The van der Waals surface area contributed by atoms with E-state index in [1.54, 1.807) is 11.4 Å². The Labute approximate surface area is 127 Å². The van der Waals surface area contributed by atoms with Gasteiger partial charge in [0.25, 0.3) is 5.56 Å². The first-order valence-corrected chi connectivity index (χ1v) is 7.71. The molecule has 0 amide bonds. The van der Waals surface area contributed by atoms with Crippen LogP contribution in [0.5, 0.6) is 0 Å². The van der Waals surface area contributed by atoms with Gasteiger partial charge in [0, 0.05) is 25.5 Å². The van der Waals surface area contributed by atoms with Gasteiger partial charge in [-0.3, -0.25) is 18.3 Å². The van der Waals surface area contributed by atoms with Crippen molar-refractivity contribution in [2.75, 3.05) is 0 Å². The molecule has 0 radical (unpaired) electrons. The van der Waals surface area contributed by atoms with Gasteiger partial charge in [-0.05, 0) is 13.3 Å². The number of hydrogen-bond donors (Lipinski definition) is 1. The second kappa shape index (κ2) is 5.47. The molecule has 0 atom stereocenters. The molecule has 0 saturated carbocycles. The fourth-order valence-corrected chi connectivity index (χ4v) is 2.85. The topological polar surface area (TPSA) is 77.1 Å². The van der Waals surface area contributed by atoms with Crippen molar-refractivity contribution in [2.45, 2.75) is 46.1 Å². The highest BCUT2D eigenvalue weighted by atomic mass is 16.2. The molecular formula is C15H21N5O2. The number of hydrogen-bond acceptors (Lipinski definition) is 3. The van der Waals surface area contributed by atoms with Crippen molar-refractivity contribution in [1.82, 2.24) is 23.5 Å². The Morgan fingerprint density at radius 2 is 2.00 bits per heavy atom. The Hall–Kier alpha value is -2.31. The van der Waals surface area contributed by atoms with Crippen LogP contribution in [0, 0.1) is 6.92 Å². The van der Waals surface area contributed by atoms with E-state index < -0.39 is 0 Å². The van der Waals surface area contributed by atoms with Crippen molar-refractivity contribution in [1.29, 1.82) is 0 Å². The standard InChI is InChI=1S/C15H21N5O2/c1-4-5-6-7-8-19-13(21)11-12(18(3)15(19)22)17-14-16-10(2)9-20(11)14/h9H,4-8H2,1-3H3,(H,16,17). The van der Waals surface area contributed by atoms with Crippen LogP contribution in [0.4, 0.5) is 0 Å². The summed E-state index contributed by atoms with van der Waals surface area (Å²) >= 11 is 0. The molecule has 0 fully saturated rings. The smallest absolute Gasteiger partial charge is 0.328 e. The van der Waals surface area contributed by atoms with Crippen molar-refractivity contribution in [2.24, 2.45) is 7.05 Å². The third-order valence-electron chi connectivity index (χ3n) is 4.04. The number of aryl methyl sites for hydroxylation is 2. The highest BCUT2D eigenvalue weighted by Gasteiger charge is 2.17. The molecule has 0 spiro atoms.